The number of hydrogen-bond donors (Lipinski definition) is 1. The molecule has 0 radical (unpaired) electrons. The van der Waals surface area contributed by atoms with E-state index in [9.17, 15) is 9.18 Å². The second-order valence-electron chi connectivity index (χ2n) is 6.90. The Bertz CT molecular complexity index is 1000. The third kappa shape index (κ3) is 4.68. The number of urea groups is 1. The normalized spacial score (nSPS) is 13.9. The molecule has 1 N–H and O–H groups in total. The van der Waals surface area contributed by atoms with E-state index < -0.39 is 0 Å². The number of carbonyl (C=O) groups is 1. The van der Waals surface area contributed by atoms with Crippen LogP contribution in [0, 0.1) is 5.82 Å². The molecule has 2 aromatic carbocycles. The molecule has 0 spiro atoms. The number of piperazine rings is 1. The first-order valence-electron chi connectivity index (χ1n) is 9.63. The molecule has 0 saturated carbocycles. The van der Waals surface area contributed by atoms with Crippen molar-refractivity contribution < 1.29 is 13.9 Å². The summed E-state index contributed by atoms with van der Waals surface area (Å²) in [7, 11) is 1.58. The van der Waals surface area contributed by atoms with Gasteiger partial charge in [-0.05, 0) is 29.8 Å². The predicted octanol–water partition coefficient (Wildman–Crippen LogP) is 3.63. The van der Waals surface area contributed by atoms with E-state index in [1.165, 1.54) is 23.7 Å². The molecule has 4 rings (SSSR count). The number of nitrogens with zero attached hydrogens (tertiary/aromatic N) is 4. The van der Waals surface area contributed by atoms with E-state index in [1.54, 1.807) is 24.1 Å². The summed E-state index contributed by atoms with van der Waals surface area (Å²) in [5, 5.41) is 3.76. The Balaban J connectivity index is 1.31. The molecule has 0 aliphatic carbocycles. The second kappa shape index (κ2) is 9.08. The summed E-state index contributed by atoms with van der Waals surface area (Å²) >= 11 is 1.35. The molecule has 156 valence electrons. The van der Waals surface area contributed by atoms with Crippen molar-refractivity contribution in [1.82, 2.24) is 14.3 Å². The Morgan fingerprint density at radius 1 is 1.13 bits per heavy atom. The molecule has 1 aliphatic rings. The molecule has 0 atom stereocenters. The number of aromatic nitrogens is 2. The van der Waals surface area contributed by atoms with Gasteiger partial charge in [-0.1, -0.05) is 24.3 Å². The molecule has 1 fully saturated rings. The molecule has 2 amide bonds. The van der Waals surface area contributed by atoms with Gasteiger partial charge < -0.3 is 19.9 Å². The molecular formula is C21H22FN5O2S. The third-order valence-electron chi connectivity index (χ3n) is 4.92. The van der Waals surface area contributed by atoms with Gasteiger partial charge in [0.2, 0.25) is 5.13 Å². The topological polar surface area (TPSA) is 70.6 Å². The zero-order chi connectivity index (χ0) is 20.9. The molecule has 3 aromatic rings. The minimum Gasteiger partial charge on any atom is -0.495 e. The number of amides is 2. The van der Waals surface area contributed by atoms with Gasteiger partial charge >= 0.3 is 6.03 Å². The van der Waals surface area contributed by atoms with Crippen LogP contribution in [0.4, 0.5) is 20.0 Å². The first kappa shape index (κ1) is 20.1. The first-order valence-corrected chi connectivity index (χ1v) is 10.4. The lowest BCUT2D eigenvalue weighted by Crippen LogP contribution is -2.50. The van der Waals surface area contributed by atoms with Crippen LogP contribution < -0.4 is 15.0 Å². The van der Waals surface area contributed by atoms with E-state index in [4.69, 9.17) is 4.74 Å². The van der Waals surface area contributed by atoms with E-state index >= 15 is 0 Å². The van der Waals surface area contributed by atoms with Crippen LogP contribution in [0.3, 0.4) is 0 Å². The maximum atomic E-state index is 13.0. The smallest absolute Gasteiger partial charge is 0.322 e. The Labute approximate surface area is 178 Å². The lowest BCUT2D eigenvalue weighted by molar-refractivity contribution is 0.208. The van der Waals surface area contributed by atoms with Gasteiger partial charge in [0, 0.05) is 44.1 Å². The molecule has 0 bridgehead atoms. The molecule has 7 nitrogen and oxygen atoms in total. The van der Waals surface area contributed by atoms with Crippen molar-refractivity contribution >= 4 is 28.4 Å². The van der Waals surface area contributed by atoms with E-state index in [1.807, 2.05) is 24.3 Å². The van der Waals surface area contributed by atoms with Crippen LogP contribution >= 0.6 is 11.5 Å². The summed E-state index contributed by atoms with van der Waals surface area (Å²) in [6, 6.07) is 13.6. The number of rotatable bonds is 5. The average molecular weight is 428 g/mol. The first-order chi connectivity index (χ1) is 14.6. The predicted molar refractivity (Wildman–Crippen MR) is 115 cm³/mol. The van der Waals surface area contributed by atoms with Crippen LogP contribution in [0.5, 0.6) is 5.75 Å². The van der Waals surface area contributed by atoms with E-state index in [0.717, 1.165) is 16.5 Å². The van der Waals surface area contributed by atoms with Gasteiger partial charge in [0.25, 0.3) is 0 Å². The Morgan fingerprint density at radius 2 is 1.87 bits per heavy atom. The van der Waals surface area contributed by atoms with E-state index in [2.05, 4.69) is 19.6 Å². The number of anilines is 2. The Hall–Kier alpha value is -3.20. The molecule has 2 heterocycles. The highest BCUT2D eigenvalue weighted by Crippen LogP contribution is 2.24. The minimum atomic E-state index is -0.252. The van der Waals surface area contributed by atoms with Crippen LogP contribution in [-0.4, -0.2) is 53.6 Å². The number of ether oxygens (including phenoxy) is 1. The Kier molecular flexibility index (Phi) is 6.08. The maximum absolute atomic E-state index is 13.0. The third-order valence-corrected chi connectivity index (χ3v) is 5.73. The highest BCUT2D eigenvalue weighted by molar-refractivity contribution is 7.09. The standard InChI is InChI=1S/C21H22FN5O2S/c1-29-18-5-3-2-4-17(18)23-20(28)26-10-12-27(13-11-26)21-24-19(25-30-21)14-15-6-8-16(22)9-7-15/h2-9H,10-14H2,1H3,(H,23,28). The van der Waals surface area contributed by atoms with Crippen molar-refractivity contribution in [3.8, 4) is 5.75 Å². The quantitative estimate of drug-likeness (QED) is 0.673. The van der Waals surface area contributed by atoms with Gasteiger partial charge in [-0.3, -0.25) is 0 Å². The van der Waals surface area contributed by atoms with Gasteiger partial charge in [0.1, 0.15) is 17.4 Å². The zero-order valence-electron chi connectivity index (χ0n) is 16.5. The number of nitrogens with one attached hydrogen (secondary N) is 1. The second-order valence-corrected chi connectivity index (χ2v) is 7.63. The summed E-state index contributed by atoms with van der Waals surface area (Å²) in [4.78, 5) is 21.1. The fourth-order valence-electron chi connectivity index (χ4n) is 3.27. The Morgan fingerprint density at radius 3 is 2.60 bits per heavy atom. The summed E-state index contributed by atoms with van der Waals surface area (Å²) in [6.07, 6.45) is 0.568. The van der Waals surface area contributed by atoms with Crippen molar-refractivity contribution in [1.29, 1.82) is 0 Å². The van der Waals surface area contributed by atoms with E-state index in [-0.39, 0.29) is 11.8 Å². The molecule has 9 heteroatoms. The zero-order valence-corrected chi connectivity index (χ0v) is 17.4. The van der Waals surface area contributed by atoms with Gasteiger partial charge in [-0.25, -0.2) is 14.2 Å². The van der Waals surface area contributed by atoms with Crippen molar-refractivity contribution in [2.45, 2.75) is 6.42 Å². The SMILES string of the molecule is COc1ccccc1NC(=O)N1CCN(c2nc(Cc3ccc(F)cc3)ns2)CC1. The van der Waals surface area contributed by atoms with Gasteiger partial charge in [0.15, 0.2) is 0 Å². The molecular weight excluding hydrogens is 405 g/mol. The van der Waals surface area contributed by atoms with Crippen LogP contribution in [0.25, 0.3) is 0 Å². The lowest BCUT2D eigenvalue weighted by Gasteiger charge is -2.34. The highest BCUT2D eigenvalue weighted by Gasteiger charge is 2.24. The van der Waals surface area contributed by atoms with Crippen molar-refractivity contribution in [3.05, 3.63) is 65.7 Å². The molecule has 0 unspecified atom stereocenters. The molecule has 1 aliphatic heterocycles. The number of methoxy groups -OCH3 is 1. The van der Waals surface area contributed by atoms with Gasteiger partial charge in [0.05, 0.1) is 12.8 Å². The summed E-state index contributed by atoms with van der Waals surface area (Å²) in [5.41, 5.74) is 1.63. The molecule has 30 heavy (non-hydrogen) atoms. The van der Waals surface area contributed by atoms with Crippen LogP contribution in [0.2, 0.25) is 0 Å². The number of carbonyl (C=O) groups excluding carboxylic acids is 1. The van der Waals surface area contributed by atoms with Gasteiger partial charge in [-0.2, -0.15) is 4.37 Å². The molecule has 1 saturated heterocycles. The van der Waals surface area contributed by atoms with Crippen molar-refractivity contribution in [2.24, 2.45) is 0 Å². The van der Waals surface area contributed by atoms with Crippen molar-refractivity contribution in [3.63, 3.8) is 0 Å². The number of para-hydroxylation sites is 2. The lowest BCUT2D eigenvalue weighted by atomic mass is 10.1. The van der Waals surface area contributed by atoms with Crippen LogP contribution in [0.1, 0.15) is 11.4 Å². The van der Waals surface area contributed by atoms with Crippen molar-refractivity contribution in [2.75, 3.05) is 43.5 Å². The maximum Gasteiger partial charge on any atom is 0.322 e. The number of halogens is 1. The summed E-state index contributed by atoms with van der Waals surface area (Å²) in [5.74, 6) is 1.10. The average Bonchev–Trinajstić information content (AvgIpc) is 3.24. The molecule has 1 aromatic heterocycles. The largest absolute Gasteiger partial charge is 0.495 e. The number of hydrogen-bond acceptors (Lipinski definition) is 6. The highest BCUT2D eigenvalue weighted by atomic mass is 32.1. The van der Waals surface area contributed by atoms with E-state index in [0.29, 0.717) is 44.0 Å². The fourth-order valence-corrected chi connectivity index (χ4v) is 4.01. The van der Waals surface area contributed by atoms with Gasteiger partial charge in [-0.15, -0.1) is 0 Å². The minimum absolute atomic E-state index is 0.145. The summed E-state index contributed by atoms with van der Waals surface area (Å²) < 4.78 is 22.8. The monoisotopic (exact) mass is 427 g/mol. The number of benzene rings is 2. The summed E-state index contributed by atoms with van der Waals surface area (Å²) in [6.45, 7) is 2.55. The van der Waals surface area contributed by atoms with Crippen LogP contribution in [-0.2, 0) is 6.42 Å². The fraction of sp³-hybridized carbons (Fsp3) is 0.286. The van der Waals surface area contributed by atoms with Crippen LogP contribution in [0.15, 0.2) is 48.5 Å².